The summed E-state index contributed by atoms with van der Waals surface area (Å²) >= 11 is 0. The van der Waals surface area contributed by atoms with E-state index in [0.29, 0.717) is 27.7 Å². The van der Waals surface area contributed by atoms with Crippen molar-refractivity contribution < 1.29 is 9.13 Å². The van der Waals surface area contributed by atoms with Crippen LogP contribution in [0.4, 0.5) is 4.39 Å². The molecule has 0 aliphatic carbocycles. The van der Waals surface area contributed by atoms with Gasteiger partial charge in [-0.2, -0.15) is 4.98 Å². The zero-order chi connectivity index (χ0) is 16.1. The summed E-state index contributed by atoms with van der Waals surface area (Å²) < 4.78 is 19.3. The normalized spacial score (nSPS) is 11.8. The van der Waals surface area contributed by atoms with Gasteiger partial charge in [0.25, 0.3) is 11.6 Å². The first kappa shape index (κ1) is 13.8. The lowest BCUT2D eigenvalue weighted by atomic mass is 10.0. The largest absolute Gasteiger partial charge is 0.462 e. The fraction of sp³-hybridized carbons (Fsp3) is 0.176. The number of nitrogens with zero attached hydrogens (tertiary/aromatic N) is 1. The molecule has 0 fully saturated rings. The number of benzene rings is 2. The van der Waals surface area contributed by atoms with Crippen molar-refractivity contribution >= 4 is 32.6 Å². The van der Waals surface area contributed by atoms with E-state index in [-0.39, 0.29) is 17.5 Å². The molecular weight excluding hydrogens is 297 g/mol. The van der Waals surface area contributed by atoms with Gasteiger partial charge in [-0.3, -0.25) is 4.79 Å². The molecule has 0 aliphatic heterocycles. The highest BCUT2D eigenvalue weighted by atomic mass is 19.1. The summed E-state index contributed by atoms with van der Waals surface area (Å²) in [7, 11) is 0. The minimum absolute atomic E-state index is 0.0334. The molecule has 0 radical (unpaired) electrons. The molecule has 2 aromatic carbocycles. The third-order valence-corrected chi connectivity index (χ3v) is 3.77. The molecule has 116 valence electrons. The molecule has 2 N–H and O–H groups in total. The number of imidazole rings is 1. The van der Waals surface area contributed by atoms with Gasteiger partial charge in [0.2, 0.25) is 0 Å². The maximum absolute atomic E-state index is 13.7. The smallest absolute Gasteiger partial charge is 0.294 e. The minimum atomic E-state index is -0.389. The maximum atomic E-state index is 13.7. The van der Waals surface area contributed by atoms with E-state index in [1.54, 1.807) is 18.3 Å². The van der Waals surface area contributed by atoms with Crippen LogP contribution in [-0.2, 0) is 0 Å². The topological polar surface area (TPSA) is 70.8 Å². The second-order valence-electron chi connectivity index (χ2n) is 5.72. The number of pyridine rings is 1. The Morgan fingerprint density at radius 2 is 2.00 bits per heavy atom. The molecule has 0 amide bonds. The number of H-pyrrole nitrogens is 2. The van der Waals surface area contributed by atoms with Crippen molar-refractivity contribution in [3.63, 3.8) is 0 Å². The van der Waals surface area contributed by atoms with Crippen LogP contribution in [0.25, 0.3) is 32.6 Å². The predicted molar refractivity (Wildman–Crippen MR) is 87.4 cm³/mol. The average Bonchev–Trinajstić information content (AvgIpc) is 2.90. The molecule has 4 rings (SSSR count). The summed E-state index contributed by atoms with van der Waals surface area (Å²) in [6, 6.07) is 6.54. The molecule has 0 atom stereocenters. The molecule has 23 heavy (non-hydrogen) atoms. The van der Waals surface area contributed by atoms with E-state index >= 15 is 0 Å². The molecule has 0 saturated heterocycles. The number of fused-ring (bicyclic) bond motifs is 6. The highest BCUT2D eigenvalue weighted by Gasteiger charge is 2.16. The van der Waals surface area contributed by atoms with Gasteiger partial charge < -0.3 is 14.7 Å². The monoisotopic (exact) mass is 311 g/mol. The van der Waals surface area contributed by atoms with Crippen molar-refractivity contribution in [2.75, 3.05) is 0 Å². The van der Waals surface area contributed by atoms with Crippen molar-refractivity contribution in [1.82, 2.24) is 15.0 Å². The van der Waals surface area contributed by atoms with Crippen molar-refractivity contribution in [1.29, 1.82) is 0 Å². The predicted octanol–water partition coefficient (Wildman–Crippen LogP) is 3.48. The number of halogens is 1. The quantitative estimate of drug-likeness (QED) is 0.557. The van der Waals surface area contributed by atoms with Crippen LogP contribution in [0.1, 0.15) is 13.8 Å². The second kappa shape index (κ2) is 4.81. The molecule has 4 aromatic rings. The van der Waals surface area contributed by atoms with Gasteiger partial charge in [0, 0.05) is 22.4 Å². The SMILES string of the molecule is CC(C)Oc1nc2c3cc[nH]c(=O)c3c3cc(F)ccc3c2[nH]1. The molecule has 2 heterocycles. The summed E-state index contributed by atoms with van der Waals surface area (Å²) in [5.41, 5.74) is 1.10. The zero-order valence-corrected chi connectivity index (χ0v) is 12.6. The Balaban J connectivity index is 2.24. The van der Waals surface area contributed by atoms with Crippen LogP contribution in [0.5, 0.6) is 6.01 Å². The first-order valence-corrected chi connectivity index (χ1v) is 7.33. The maximum Gasteiger partial charge on any atom is 0.294 e. The number of aromatic nitrogens is 3. The Labute approximate surface area is 130 Å². The molecular formula is C17H14FN3O2. The molecule has 0 bridgehead atoms. The Morgan fingerprint density at radius 1 is 1.17 bits per heavy atom. The van der Waals surface area contributed by atoms with E-state index in [1.165, 1.54) is 12.1 Å². The number of aromatic amines is 2. The first-order valence-electron chi connectivity index (χ1n) is 7.33. The number of ether oxygens (including phenoxy) is 1. The van der Waals surface area contributed by atoms with Crippen LogP contribution in [0.3, 0.4) is 0 Å². The van der Waals surface area contributed by atoms with Crippen LogP contribution >= 0.6 is 0 Å². The number of hydrogen-bond donors (Lipinski definition) is 2. The zero-order valence-electron chi connectivity index (χ0n) is 12.6. The number of hydrogen-bond acceptors (Lipinski definition) is 3. The van der Waals surface area contributed by atoms with Crippen LogP contribution in [0.15, 0.2) is 35.3 Å². The summed E-state index contributed by atoms with van der Waals surface area (Å²) in [5, 5.41) is 2.37. The van der Waals surface area contributed by atoms with E-state index in [2.05, 4.69) is 15.0 Å². The molecule has 5 nitrogen and oxygen atoms in total. The summed E-state index contributed by atoms with van der Waals surface area (Å²) in [6.45, 7) is 3.81. The van der Waals surface area contributed by atoms with E-state index in [4.69, 9.17) is 4.74 Å². The fourth-order valence-corrected chi connectivity index (χ4v) is 2.90. The van der Waals surface area contributed by atoms with Crippen LogP contribution in [-0.4, -0.2) is 21.1 Å². The third-order valence-electron chi connectivity index (χ3n) is 3.77. The average molecular weight is 311 g/mol. The van der Waals surface area contributed by atoms with E-state index in [0.717, 1.165) is 10.9 Å². The molecule has 0 spiro atoms. The minimum Gasteiger partial charge on any atom is -0.462 e. The summed E-state index contributed by atoms with van der Waals surface area (Å²) in [5.74, 6) is -0.389. The Morgan fingerprint density at radius 3 is 2.78 bits per heavy atom. The van der Waals surface area contributed by atoms with Gasteiger partial charge in [0.1, 0.15) is 11.3 Å². The standard InChI is InChI=1S/C17H14FN3O2/c1-8(2)23-17-20-14-10-4-3-9(18)7-12(10)13-11(15(14)21-17)5-6-19-16(13)22/h3-8H,1-2H3,(H,19,22)(H,20,21). The van der Waals surface area contributed by atoms with Crippen LogP contribution in [0, 0.1) is 5.82 Å². The Hall–Kier alpha value is -2.89. The highest BCUT2D eigenvalue weighted by Crippen LogP contribution is 2.33. The fourth-order valence-electron chi connectivity index (χ4n) is 2.90. The van der Waals surface area contributed by atoms with Crippen molar-refractivity contribution in [2.24, 2.45) is 0 Å². The third kappa shape index (κ3) is 2.06. The second-order valence-corrected chi connectivity index (χ2v) is 5.72. The van der Waals surface area contributed by atoms with Gasteiger partial charge in [-0.05, 0) is 38.1 Å². The van der Waals surface area contributed by atoms with Crippen LogP contribution < -0.4 is 10.3 Å². The Bertz CT molecular complexity index is 1110. The highest BCUT2D eigenvalue weighted by molar-refractivity contribution is 6.23. The molecule has 0 aliphatic rings. The van der Waals surface area contributed by atoms with Crippen molar-refractivity contribution in [3.8, 4) is 6.01 Å². The molecule has 2 aromatic heterocycles. The number of nitrogens with one attached hydrogen (secondary N) is 2. The molecule has 0 saturated carbocycles. The van der Waals surface area contributed by atoms with Crippen LogP contribution in [0.2, 0.25) is 0 Å². The molecule has 0 unspecified atom stereocenters. The first-order chi connectivity index (χ1) is 11.0. The lowest BCUT2D eigenvalue weighted by molar-refractivity contribution is 0.225. The van der Waals surface area contributed by atoms with Crippen molar-refractivity contribution in [2.45, 2.75) is 20.0 Å². The lowest BCUT2D eigenvalue weighted by Crippen LogP contribution is -2.06. The number of rotatable bonds is 2. The van der Waals surface area contributed by atoms with Gasteiger partial charge in [-0.25, -0.2) is 4.39 Å². The van der Waals surface area contributed by atoms with Gasteiger partial charge in [0.05, 0.1) is 17.0 Å². The van der Waals surface area contributed by atoms with Crippen molar-refractivity contribution in [3.05, 3.63) is 46.6 Å². The van der Waals surface area contributed by atoms with Gasteiger partial charge in [-0.15, -0.1) is 0 Å². The van der Waals surface area contributed by atoms with E-state index in [9.17, 15) is 9.18 Å². The molecule has 6 heteroatoms. The summed E-state index contributed by atoms with van der Waals surface area (Å²) in [6.07, 6.45) is 1.53. The Kier molecular flexibility index (Phi) is 2.87. The van der Waals surface area contributed by atoms with Gasteiger partial charge >= 0.3 is 0 Å². The van der Waals surface area contributed by atoms with Gasteiger partial charge in [-0.1, -0.05) is 0 Å². The van der Waals surface area contributed by atoms with Gasteiger partial charge in [0.15, 0.2) is 0 Å². The van der Waals surface area contributed by atoms with E-state index < -0.39 is 0 Å². The van der Waals surface area contributed by atoms with E-state index in [1.807, 2.05) is 13.8 Å². The lowest BCUT2D eigenvalue weighted by Gasteiger charge is -2.05. The summed E-state index contributed by atoms with van der Waals surface area (Å²) in [4.78, 5) is 22.5.